The highest BCUT2D eigenvalue weighted by Gasteiger charge is 2.25. The molecule has 19 heavy (non-hydrogen) atoms. The Bertz CT molecular complexity index is 444. The van der Waals surface area contributed by atoms with Gasteiger partial charge in [0.2, 0.25) is 0 Å². The van der Waals surface area contributed by atoms with Crippen molar-refractivity contribution in [3.63, 3.8) is 0 Å². The average molecular weight is 261 g/mol. The summed E-state index contributed by atoms with van der Waals surface area (Å²) in [5.41, 5.74) is 1.14. The monoisotopic (exact) mass is 261 g/mol. The van der Waals surface area contributed by atoms with Crippen LogP contribution in [0.5, 0.6) is 5.75 Å². The maximum Gasteiger partial charge on any atom is 0.263 e. The van der Waals surface area contributed by atoms with E-state index < -0.39 is 6.10 Å². The van der Waals surface area contributed by atoms with Crippen LogP contribution in [0.2, 0.25) is 0 Å². The van der Waals surface area contributed by atoms with E-state index in [0.717, 1.165) is 30.8 Å². The molecule has 104 valence electrons. The lowest BCUT2D eigenvalue weighted by Gasteiger charge is -2.32. The lowest BCUT2D eigenvalue weighted by Crippen LogP contribution is -2.45. The first-order valence-electron chi connectivity index (χ1n) is 7.08. The largest absolute Gasteiger partial charge is 0.481 e. The van der Waals surface area contributed by atoms with E-state index in [4.69, 9.17) is 4.74 Å². The molecule has 1 fully saturated rings. The lowest BCUT2D eigenvalue weighted by molar-refractivity contribution is -0.139. The van der Waals surface area contributed by atoms with Crippen LogP contribution in [-0.2, 0) is 4.79 Å². The molecule has 1 aromatic rings. The predicted molar refractivity (Wildman–Crippen MR) is 76.2 cm³/mol. The fourth-order valence-corrected chi connectivity index (χ4v) is 2.59. The van der Waals surface area contributed by atoms with Crippen molar-refractivity contribution in [1.29, 1.82) is 0 Å². The van der Waals surface area contributed by atoms with Crippen LogP contribution in [0.1, 0.15) is 32.3 Å². The van der Waals surface area contributed by atoms with E-state index in [9.17, 15) is 4.79 Å². The predicted octanol–water partition coefficient (Wildman–Crippen LogP) is 3.02. The van der Waals surface area contributed by atoms with Crippen LogP contribution in [0.3, 0.4) is 0 Å². The molecule has 3 nitrogen and oxygen atoms in total. The summed E-state index contributed by atoms with van der Waals surface area (Å²) in [6, 6.07) is 7.83. The van der Waals surface area contributed by atoms with Gasteiger partial charge in [0.05, 0.1) is 0 Å². The molecule has 0 unspecified atom stereocenters. The number of ether oxygens (including phenoxy) is 1. The summed E-state index contributed by atoms with van der Waals surface area (Å²) in [6.45, 7) is 7.78. The lowest BCUT2D eigenvalue weighted by atomic mass is 10.00. The Labute approximate surface area is 115 Å². The Kier molecular flexibility index (Phi) is 4.46. The minimum absolute atomic E-state index is 0.105. The molecule has 1 aliphatic heterocycles. The number of carbonyl (C=O) groups excluding carboxylic acids is 1. The zero-order chi connectivity index (χ0) is 13.8. The third-order valence-corrected chi connectivity index (χ3v) is 3.62. The molecule has 0 radical (unpaired) electrons. The second-order valence-electron chi connectivity index (χ2n) is 5.61. The summed E-state index contributed by atoms with van der Waals surface area (Å²) in [5, 5.41) is 0. The number of amides is 1. The van der Waals surface area contributed by atoms with Crippen LogP contribution in [0.4, 0.5) is 0 Å². The molecule has 1 saturated heterocycles. The normalized spacial score (nSPS) is 21.0. The molecule has 2 atom stereocenters. The van der Waals surface area contributed by atoms with Crippen LogP contribution < -0.4 is 4.74 Å². The Morgan fingerprint density at radius 2 is 2.26 bits per heavy atom. The molecule has 0 bridgehead atoms. The molecule has 0 aromatic heterocycles. The third kappa shape index (κ3) is 3.72. The van der Waals surface area contributed by atoms with Crippen molar-refractivity contribution >= 4 is 5.91 Å². The molecule has 0 aliphatic carbocycles. The maximum atomic E-state index is 12.3. The first kappa shape index (κ1) is 13.9. The second kappa shape index (κ2) is 6.09. The summed E-state index contributed by atoms with van der Waals surface area (Å²) in [6.07, 6.45) is 1.91. The second-order valence-corrected chi connectivity index (χ2v) is 5.61. The minimum atomic E-state index is -0.410. The van der Waals surface area contributed by atoms with Crippen molar-refractivity contribution in [3.8, 4) is 5.75 Å². The number of aryl methyl sites for hydroxylation is 1. The summed E-state index contributed by atoms with van der Waals surface area (Å²) in [4.78, 5) is 14.3. The van der Waals surface area contributed by atoms with Crippen LogP contribution in [0.25, 0.3) is 0 Å². The molecule has 0 saturated carbocycles. The van der Waals surface area contributed by atoms with Gasteiger partial charge in [0, 0.05) is 13.1 Å². The van der Waals surface area contributed by atoms with Gasteiger partial charge in [0.15, 0.2) is 6.10 Å². The van der Waals surface area contributed by atoms with Gasteiger partial charge >= 0.3 is 0 Å². The summed E-state index contributed by atoms with van der Waals surface area (Å²) in [5.74, 6) is 1.47. The number of hydrogen-bond donors (Lipinski definition) is 0. The van der Waals surface area contributed by atoms with Gasteiger partial charge in [0.25, 0.3) is 5.91 Å². The first-order chi connectivity index (χ1) is 9.06. The zero-order valence-electron chi connectivity index (χ0n) is 12.1. The highest BCUT2D eigenvalue weighted by atomic mass is 16.5. The van der Waals surface area contributed by atoms with Gasteiger partial charge in [-0.05, 0) is 50.3 Å². The average Bonchev–Trinajstić information content (AvgIpc) is 2.38. The number of likely N-dealkylation sites (tertiary alicyclic amines) is 1. The van der Waals surface area contributed by atoms with E-state index in [1.165, 1.54) is 6.42 Å². The molecule has 0 N–H and O–H groups in total. The molecule has 2 rings (SSSR count). The van der Waals surface area contributed by atoms with Gasteiger partial charge in [-0.1, -0.05) is 19.1 Å². The molecular formula is C16H23NO2. The summed E-state index contributed by atoms with van der Waals surface area (Å²) >= 11 is 0. The fourth-order valence-electron chi connectivity index (χ4n) is 2.59. The Morgan fingerprint density at radius 3 is 2.95 bits per heavy atom. The van der Waals surface area contributed by atoms with Gasteiger partial charge in [-0.15, -0.1) is 0 Å². The van der Waals surface area contributed by atoms with E-state index in [2.05, 4.69) is 6.92 Å². The third-order valence-electron chi connectivity index (χ3n) is 3.62. The first-order valence-corrected chi connectivity index (χ1v) is 7.08. The van der Waals surface area contributed by atoms with Gasteiger partial charge in [0.1, 0.15) is 5.75 Å². The van der Waals surface area contributed by atoms with Crippen molar-refractivity contribution < 1.29 is 9.53 Å². The SMILES string of the molecule is Cc1cccc(O[C@@H](C)C(=O)N2CCC[C@@H](C)C2)c1. The number of benzene rings is 1. The standard InChI is InChI=1S/C16H23NO2/c1-12-6-4-8-15(10-12)19-14(3)16(18)17-9-5-7-13(2)11-17/h4,6,8,10,13-14H,5,7,9,11H2,1-3H3/t13-,14+/m1/s1. The minimum Gasteiger partial charge on any atom is -0.481 e. The number of hydrogen-bond acceptors (Lipinski definition) is 2. The highest BCUT2D eigenvalue weighted by molar-refractivity contribution is 5.81. The van der Waals surface area contributed by atoms with E-state index >= 15 is 0 Å². The molecule has 0 spiro atoms. The number of carbonyl (C=O) groups is 1. The van der Waals surface area contributed by atoms with E-state index in [1.807, 2.05) is 43.0 Å². The van der Waals surface area contributed by atoms with E-state index in [1.54, 1.807) is 0 Å². The van der Waals surface area contributed by atoms with Crippen LogP contribution in [0.15, 0.2) is 24.3 Å². The fraction of sp³-hybridized carbons (Fsp3) is 0.562. The summed E-state index contributed by atoms with van der Waals surface area (Å²) in [7, 11) is 0. The smallest absolute Gasteiger partial charge is 0.263 e. The van der Waals surface area contributed by atoms with Crippen molar-refractivity contribution in [3.05, 3.63) is 29.8 Å². The van der Waals surface area contributed by atoms with Gasteiger partial charge in [-0.2, -0.15) is 0 Å². The quantitative estimate of drug-likeness (QED) is 0.837. The number of piperidine rings is 1. The molecule has 1 aromatic carbocycles. The van der Waals surface area contributed by atoms with Crippen LogP contribution >= 0.6 is 0 Å². The van der Waals surface area contributed by atoms with Crippen molar-refractivity contribution in [2.75, 3.05) is 13.1 Å². The zero-order valence-corrected chi connectivity index (χ0v) is 12.1. The molecular weight excluding hydrogens is 238 g/mol. The van der Waals surface area contributed by atoms with Crippen LogP contribution in [-0.4, -0.2) is 30.0 Å². The number of nitrogens with zero attached hydrogens (tertiary/aromatic N) is 1. The van der Waals surface area contributed by atoms with Gasteiger partial charge in [-0.25, -0.2) is 0 Å². The maximum absolute atomic E-state index is 12.3. The van der Waals surface area contributed by atoms with Crippen LogP contribution in [0, 0.1) is 12.8 Å². The van der Waals surface area contributed by atoms with Gasteiger partial charge in [-0.3, -0.25) is 4.79 Å². The Balaban J connectivity index is 1.95. The van der Waals surface area contributed by atoms with Crippen molar-refractivity contribution in [2.45, 2.75) is 39.7 Å². The van der Waals surface area contributed by atoms with E-state index in [-0.39, 0.29) is 5.91 Å². The van der Waals surface area contributed by atoms with Crippen molar-refractivity contribution in [1.82, 2.24) is 4.90 Å². The molecule has 1 amide bonds. The number of rotatable bonds is 3. The van der Waals surface area contributed by atoms with E-state index in [0.29, 0.717) is 5.92 Å². The summed E-state index contributed by atoms with van der Waals surface area (Å²) < 4.78 is 5.75. The van der Waals surface area contributed by atoms with Gasteiger partial charge < -0.3 is 9.64 Å². The Morgan fingerprint density at radius 1 is 1.47 bits per heavy atom. The highest BCUT2D eigenvalue weighted by Crippen LogP contribution is 2.19. The van der Waals surface area contributed by atoms with Crippen molar-refractivity contribution in [2.24, 2.45) is 5.92 Å². The topological polar surface area (TPSA) is 29.5 Å². The Hall–Kier alpha value is -1.51. The molecule has 1 aliphatic rings. The molecule has 1 heterocycles. The molecule has 3 heteroatoms.